The normalized spacial score (nSPS) is 15.6. The van der Waals surface area contributed by atoms with E-state index in [0.29, 0.717) is 11.4 Å². The summed E-state index contributed by atoms with van der Waals surface area (Å²) in [5, 5.41) is 2.91. The first-order chi connectivity index (χ1) is 13.4. The van der Waals surface area contributed by atoms with Gasteiger partial charge in [0.25, 0.3) is 5.91 Å². The Kier molecular flexibility index (Phi) is 5.87. The van der Waals surface area contributed by atoms with Crippen LogP contribution in [0.5, 0.6) is 5.75 Å². The van der Waals surface area contributed by atoms with E-state index >= 15 is 0 Å². The van der Waals surface area contributed by atoms with Gasteiger partial charge in [0.2, 0.25) is 5.91 Å². The fourth-order valence-electron chi connectivity index (χ4n) is 3.44. The fraction of sp³-hybridized carbons (Fsp3) is 0.364. The molecule has 148 valence electrons. The summed E-state index contributed by atoms with van der Waals surface area (Å²) in [7, 11) is 1.70. The molecule has 28 heavy (non-hydrogen) atoms. The summed E-state index contributed by atoms with van der Waals surface area (Å²) >= 11 is 0. The average Bonchev–Trinajstić information content (AvgIpc) is 2.69. The largest absolute Gasteiger partial charge is 0.478 e. The number of hydrogen-bond acceptors (Lipinski definition) is 4. The van der Waals surface area contributed by atoms with Gasteiger partial charge in [0.15, 0.2) is 6.10 Å². The smallest absolute Gasteiger partial charge is 0.268 e. The summed E-state index contributed by atoms with van der Waals surface area (Å²) in [6.45, 7) is 8.06. The molecule has 1 aliphatic heterocycles. The van der Waals surface area contributed by atoms with Crippen molar-refractivity contribution in [2.24, 2.45) is 0 Å². The number of anilines is 3. The number of rotatable bonds is 6. The second-order valence-electron chi connectivity index (χ2n) is 6.90. The Morgan fingerprint density at radius 2 is 1.89 bits per heavy atom. The number of para-hydroxylation sites is 2. The Morgan fingerprint density at radius 1 is 1.18 bits per heavy atom. The zero-order valence-electron chi connectivity index (χ0n) is 16.9. The molecule has 6 heteroatoms. The van der Waals surface area contributed by atoms with Crippen LogP contribution in [0.3, 0.4) is 0 Å². The van der Waals surface area contributed by atoms with Crippen LogP contribution in [-0.4, -0.2) is 38.1 Å². The number of likely N-dealkylation sites (N-methyl/N-ethyl adjacent to an activating group) is 1. The summed E-state index contributed by atoms with van der Waals surface area (Å²) in [4.78, 5) is 28.9. The van der Waals surface area contributed by atoms with Crippen molar-refractivity contribution in [3.8, 4) is 5.75 Å². The van der Waals surface area contributed by atoms with E-state index in [0.717, 1.165) is 30.0 Å². The minimum atomic E-state index is -0.824. The van der Waals surface area contributed by atoms with Gasteiger partial charge in [0.05, 0.1) is 12.1 Å². The van der Waals surface area contributed by atoms with Crippen molar-refractivity contribution in [1.29, 1.82) is 0 Å². The van der Waals surface area contributed by atoms with Gasteiger partial charge >= 0.3 is 0 Å². The number of hydrogen-bond donors (Lipinski definition) is 1. The zero-order valence-corrected chi connectivity index (χ0v) is 16.9. The predicted octanol–water partition coefficient (Wildman–Crippen LogP) is 3.59. The average molecular weight is 381 g/mol. The molecule has 1 N–H and O–H groups in total. The molecule has 2 aromatic rings. The first kappa shape index (κ1) is 19.7. The van der Waals surface area contributed by atoms with E-state index in [4.69, 9.17) is 4.74 Å². The molecule has 0 aliphatic carbocycles. The Bertz CT molecular complexity index is 877. The van der Waals surface area contributed by atoms with Crippen LogP contribution in [0.25, 0.3) is 0 Å². The molecule has 0 saturated heterocycles. The van der Waals surface area contributed by atoms with E-state index in [1.807, 2.05) is 37.3 Å². The first-order valence-corrected chi connectivity index (χ1v) is 9.63. The van der Waals surface area contributed by atoms with E-state index in [1.165, 1.54) is 0 Å². The fourth-order valence-corrected chi connectivity index (χ4v) is 3.44. The molecule has 0 fully saturated rings. The van der Waals surface area contributed by atoms with Crippen LogP contribution >= 0.6 is 0 Å². The number of ether oxygens (including phenoxy) is 1. The summed E-state index contributed by atoms with van der Waals surface area (Å²) in [6, 6.07) is 13.3. The number of nitrogens with one attached hydrogen (secondary N) is 1. The van der Waals surface area contributed by atoms with Crippen LogP contribution in [0.2, 0.25) is 0 Å². The summed E-state index contributed by atoms with van der Waals surface area (Å²) < 4.78 is 5.77. The van der Waals surface area contributed by atoms with Gasteiger partial charge in [-0.3, -0.25) is 9.59 Å². The van der Waals surface area contributed by atoms with E-state index in [-0.39, 0.29) is 18.2 Å². The predicted molar refractivity (Wildman–Crippen MR) is 112 cm³/mol. The molecule has 0 aromatic heterocycles. The molecular formula is C22H27N3O3. The third-order valence-corrected chi connectivity index (χ3v) is 5.09. The highest BCUT2D eigenvalue weighted by molar-refractivity contribution is 6.03. The van der Waals surface area contributed by atoms with Crippen molar-refractivity contribution >= 4 is 28.9 Å². The molecule has 1 aliphatic rings. The van der Waals surface area contributed by atoms with Gasteiger partial charge in [0.1, 0.15) is 5.75 Å². The number of fused-ring (bicyclic) bond motifs is 1. The number of benzene rings is 2. The van der Waals surface area contributed by atoms with Gasteiger partial charge in [0, 0.05) is 31.5 Å². The van der Waals surface area contributed by atoms with Crippen molar-refractivity contribution < 1.29 is 14.3 Å². The van der Waals surface area contributed by atoms with Gasteiger partial charge in [-0.1, -0.05) is 12.1 Å². The van der Waals surface area contributed by atoms with Crippen molar-refractivity contribution in [3.63, 3.8) is 0 Å². The lowest BCUT2D eigenvalue weighted by molar-refractivity contribution is -0.130. The zero-order chi connectivity index (χ0) is 20.3. The topological polar surface area (TPSA) is 61.9 Å². The standard InChI is InChI=1S/C22H27N3O3/c1-5-25(6-2)16-11-12-17(15(3)13-16)23-21(26)14-20-22(27)24(4)18-9-7-8-10-19(18)28-20/h7-13,20H,5-6,14H2,1-4H3,(H,23,26). The highest BCUT2D eigenvalue weighted by atomic mass is 16.5. The van der Waals surface area contributed by atoms with Crippen LogP contribution in [0.15, 0.2) is 42.5 Å². The van der Waals surface area contributed by atoms with Crippen LogP contribution < -0.4 is 19.9 Å². The number of carbonyl (C=O) groups is 2. The third-order valence-electron chi connectivity index (χ3n) is 5.09. The van der Waals surface area contributed by atoms with E-state index < -0.39 is 6.10 Å². The summed E-state index contributed by atoms with van der Waals surface area (Å²) in [5.74, 6) is 0.148. The van der Waals surface area contributed by atoms with Crippen molar-refractivity contribution in [2.75, 3.05) is 35.3 Å². The maximum absolute atomic E-state index is 12.6. The third kappa shape index (κ3) is 3.96. The lowest BCUT2D eigenvalue weighted by Crippen LogP contribution is -2.45. The molecule has 1 atom stereocenters. The Labute approximate surface area is 166 Å². The maximum Gasteiger partial charge on any atom is 0.268 e. The highest BCUT2D eigenvalue weighted by Gasteiger charge is 2.33. The molecule has 0 radical (unpaired) electrons. The molecule has 1 unspecified atom stereocenters. The Hall–Kier alpha value is -3.02. The van der Waals surface area contributed by atoms with Gasteiger partial charge in [-0.05, 0) is 56.7 Å². The van der Waals surface area contributed by atoms with Crippen molar-refractivity contribution in [3.05, 3.63) is 48.0 Å². The lowest BCUT2D eigenvalue weighted by atomic mass is 10.1. The summed E-state index contributed by atoms with van der Waals surface area (Å²) in [6.07, 6.45) is -0.857. The first-order valence-electron chi connectivity index (χ1n) is 9.63. The number of nitrogens with zero attached hydrogens (tertiary/aromatic N) is 2. The number of amides is 2. The monoisotopic (exact) mass is 381 g/mol. The van der Waals surface area contributed by atoms with Crippen molar-refractivity contribution in [2.45, 2.75) is 33.3 Å². The van der Waals surface area contributed by atoms with E-state index in [1.54, 1.807) is 18.0 Å². The van der Waals surface area contributed by atoms with Crippen molar-refractivity contribution in [1.82, 2.24) is 0 Å². The molecule has 0 bridgehead atoms. The minimum absolute atomic E-state index is 0.0330. The molecule has 6 nitrogen and oxygen atoms in total. The summed E-state index contributed by atoms with van der Waals surface area (Å²) in [5.41, 5.74) is 3.57. The SMILES string of the molecule is CCN(CC)c1ccc(NC(=O)CC2Oc3ccccc3N(C)C2=O)c(C)c1. The van der Waals surface area contributed by atoms with Gasteiger partial charge in [-0.25, -0.2) is 0 Å². The van der Waals surface area contributed by atoms with Gasteiger partial charge in [-0.2, -0.15) is 0 Å². The Morgan fingerprint density at radius 3 is 2.57 bits per heavy atom. The molecule has 1 heterocycles. The van der Waals surface area contributed by atoms with Gasteiger partial charge < -0.3 is 19.9 Å². The molecule has 0 spiro atoms. The quantitative estimate of drug-likeness (QED) is 0.831. The molecule has 3 rings (SSSR count). The van der Waals surface area contributed by atoms with E-state index in [9.17, 15) is 9.59 Å². The lowest BCUT2D eigenvalue weighted by Gasteiger charge is -2.31. The molecular weight excluding hydrogens is 354 g/mol. The number of aryl methyl sites for hydroxylation is 1. The van der Waals surface area contributed by atoms with E-state index in [2.05, 4.69) is 30.1 Å². The van der Waals surface area contributed by atoms with Crippen LogP contribution in [0.1, 0.15) is 25.8 Å². The molecule has 2 amide bonds. The minimum Gasteiger partial charge on any atom is -0.478 e. The van der Waals surface area contributed by atoms with Crippen LogP contribution in [0, 0.1) is 6.92 Å². The van der Waals surface area contributed by atoms with Crippen LogP contribution in [0.4, 0.5) is 17.1 Å². The number of carbonyl (C=O) groups excluding carboxylic acids is 2. The van der Waals surface area contributed by atoms with Gasteiger partial charge in [-0.15, -0.1) is 0 Å². The molecule has 2 aromatic carbocycles. The maximum atomic E-state index is 12.6. The Balaban J connectivity index is 1.68. The van der Waals surface area contributed by atoms with Crippen LogP contribution in [-0.2, 0) is 9.59 Å². The molecule has 0 saturated carbocycles. The highest BCUT2D eigenvalue weighted by Crippen LogP contribution is 2.33. The second-order valence-corrected chi connectivity index (χ2v) is 6.90. The second kappa shape index (κ2) is 8.33.